The van der Waals surface area contributed by atoms with Gasteiger partial charge in [0.25, 0.3) is 0 Å². The van der Waals surface area contributed by atoms with E-state index in [4.69, 9.17) is 16.3 Å². The number of sulfonamides is 1. The van der Waals surface area contributed by atoms with E-state index >= 15 is 0 Å². The summed E-state index contributed by atoms with van der Waals surface area (Å²) in [6.45, 7) is 2.09. The van der Waals surface area contributed by atoms with E-state index in [1.807, 2.05) is 0 Å². The van der Waals surface area contributed by atoms with Crippen LogP contribution in [0, 0.1) is 0 Å². The van der Waals surface area contributed by atoms with E-state index in [0.29, 0.717) is 46.5 Å². The Morgan fingerprint density at radius 2 is 2.07 bits per heavy atom. The third-order valence-electron chi connectivity index (χ3n) is 4.76. The van der Waals surface area contributed by atoms with Crippen LogP contribution >= 0.6 is 22.9 Å². The monoisotopic (exact) mass is 457 g/mol. The van der Waals surface area contributed by atoms with Crippen molar-refractivity contribution in [1.82, 2.24) is 9.62 Å². The molecule has 0 atom stereocenters. The third kappa shape index (κ3) is 6.16. The molecular weight excluding hydrogens is 434 g/mol. The Kier molecular flexibility index (Phi) is 7.53. The summed E-state index contributed by atoms with van der Waals surface area (Å²) in [5.74, 6) is 0.438. The number of benzene rings is 1. The highest BCUT2D eigenvalue weighted by molar-refractivity contribution is 7.91. The molecule has 0 unspecified atom stereocenters. The number of thiophene rings is 1. The van der Waals surface area contributed by atoms with Crippen LogP contribution in [0.2, 0.25) is 5.02 Å². The maximum Gasteiger partial charge on any atom is 0.250 e. The number of amides is 1. The topological polar surface area (TPSA) is 87.7 Å². The molecule has 158 valence electrons. The Balaban J connectivity index is 1.43. The fourth-order valence-corrected chi connectivity index (χ4v) is 5.71. The second-order valence-electron chi connectivity index (χ2n) is 6.81. The first-order valence-corrected chi connectivity index (χ1v) is 12.0. The van der Waals surface area contributed by atoms with Crippen LogP contribution in [-0.4, -0.2) is 52.0 Å². The van der Waals surface area contributed by atoms with Gasteiger partial charge in [-0.05, 0) is 55.6 Å². The first-order valence-electron chi connectivity index (χ1n) is 9.29. The van der Waals surface area contributed by atoms with Crippen LogP contribution in [0.1, 0.15) is 19.3 Å². The van der Waals surface area contributed by atoms with Crippen molar-refractivity contribution < 1.29 is 17.9 Å². The Hall–Kier alpha value is -1.65. The summed E-state index contributed by atoms with van der Waals surface area (Å²) in [5.41, 5.74) is 0.548. The minimum atomic E-state index is -3.44. The fourth-order valence-electron chi connectivity index (χ4n) is 3.22. The smallest absolute Gasteiger partial charge is 0.250 e. The van der Waals surface area contributed by atoms with Gasteiger partial charge in [-0.2, -0.15) is 0 Å². The van der Waals surface area contributed by atoms with E-state index < -0.39 is 10.0 Å². The van der Waals surface area contributed by atoms with Crippen molar-refractivity contribution in [3.63, 3.8) is 0 Å². The minimum Gasteiger partial charge on any atom is -0.495 e. The molecule has 2 N–H and O–H groups in total. The number of hydrogen-bond donors (Lipinski definition) is 2. The Morgan fingerprint density at radius 3 is 2.72 bits per heavy atom. The lowest BCUT2D eigenvalue weighted by atomic mass is 10.1. The Bertz CT molecular complexity index is 927. The molecule has 0 spiro atoms. The van der Waals surface area contributed by atoms with E-state index in [9.17, 15) is 13.2 Å². The zero-order valence-electron chi connectivity index (χ0n) is 16.1. The van der Waals surface area contributed by atoms with Crippen molar-refractivity contribution in [3.8, 4) is 5.75 Å². The van der Waals surface area contributed by atoms with Gasteiger partial charge in [-0.25, -0.2) is 13.1 Å². The second kappa shape index (κ2) is 9.90. The Labute approximate surface area is 180 Å². The van der Waals surface area contributed by atoms with Gasteiger partial charge < -0.3 is 15.0 Å². The highest BCUT2D eigenvalue weighted by atomic mass is 35.5. The summed E-state index contributed by atoms with van der Waals surface area (Å²) >= 11 is 7.20. The van der Waals surface area contributed by atoms with Crippen molar-refractivity contribution >= 4 is 44.6 Å². The average molecular weight is 458 g/mol. The molecule has 1 amide bonds. The molecule has 7 nitrogen and oxygen atoms in total. The zero-order chi connectivity index (χ0) is 20.9. The van der Waals surface area contributed by atoms with Crippen molar-refractivity contribution in [2.45, 2.75) is 29.5 Å². The molecule has 1 aliphatic rings. The van der Waals surface area contributed by atoms with Crippen molar-refractivity contribution in [1.29, 1.82) is 0 Å². The lowest BCUT2D eigenvalue weighted by Crippen LogP contribution is -2.45. The van der Waals surface area contributed by atoms with Gasteiger partial charge in [0.05, 0.1) is 12.8 Å². The van der Waals surface area contributed by atoms with Crippen molar-refractivity contribution in [2.75, 3.05) is 32.1 Å². The minimum absolute atomic E-state index is 0.0806. The van der Waals surface area contributed by atoms with Crippen LogP contribution in [0.4, 0.5) is 5.69 Å². The number of hydrogen-bond acceptors (Lipinski definition) is 6. The summed E-state index contributed by atoms with van der Waals surface area (Å²) in [6, 6.07) is 8.32. The predicted molar refractivity (Wildman–Crippen MR) is 115 cm³/mol. The number of methoxy groups -OCH3 is 1. The molecule has 1 fully saturated rings. The number of halogens is 1. The van der Waals surface area contributed by atoms with Crippen LogP contribution in [0.25, 0.3) is 0 Å². The van der Waals surface area contributed by atoms with Crippen LogP contribution in [-0.2, 0) is 14.8 Å². The molecule has 29 heavy (non-hydrogen) atoms. The molecule has 1 aliphatic heterocycles. The molecule has 0 bridgehead atoms. The first-order chi connectivity index (χ1) is 13.9. The predicted octanol–water partition coefficient (Wildman–Crippen LogP) is 3.18. The highest BCUT2D eigenvalue weighted by Gasteiger charge is 2.25. The first kappa shape index (κ1) is 22.0. The standard InChI is InChI=1S/C19H24ClN3O4S2/c1-27-17-5-4-14(20)13-16(17)21-18(24)8-11-23-9-6-15(7-10-23)22-29(25,26)19-3-2-12-28-19/h2-5,12-13,15,22H,6-11H2,1H3,(H,21,24). The van der Waals surface area contributed by atoms with Crippen molar-refractivity contribution in [3.05, 3.63) is 40.7 Å². The van der Waals surface area contributed by atoms with Gasteiger partial charge in [-0.3, -0.25) is 4.79 Å². The van der Waals surface area contributed by atoms with Gasteiger partial charge in [0.1, 0.15) is 9.96 Å². The van der Waals surface area contributed by atoms with Gasteiger partial charge in [0.2, 0.25) is 15.9 Å². The van der Waals surface area contributed by atoms with Gasteiger partial charge >= 0.3 is 0 Å². The zero-order valence-corrected chi connectivity index (χ0v) is 18.4. The molecule has 2 aromatic rings. The molecule has 2 heterocycles. The summed E-state index contributed by atoms with van der Waals surface area (Å²) in [7, 11) is -1.90. The molecule has 0 aliphatic carbocycles. The number of carbonyl (C=O) groups is 1. The van der Waals surface area contributed by atoms with Crippen LogP contribution in [0.15, 0.2) is 39.9 Å². The van der Waals surface area contributed by atoms with Gasteiger partial charge in [0.15, 0.2) is 0 Å². The summed E-state index contributed by atoms with van der Waals surface area (Å²) < 4.78 is 33.0. The normalized spacial score (nSPS) is 15.9. The molecule has 0 radical (unpaired) electrons. The van der Waals surface area contributed by atoms with E-state index in [1.54, 1.807) is 35.7 Å². The van der Waals surface area contributed by atoms with E-state index in [0.717, 1.165) is 13.1 Å². The van der Waals surface area contributed by atoms with E-state index in [-0.39, 0.29) is 11.9 Å². The third-order valence-corrected chi connectivity index (χ3v) is 7.91. The van der Waals surface area contributed by atoms with Crippen molar-refractivity contribution in [2.24, 2.45) is 0 Å². The number of likely N-dealkylation sites (tertiary alicyclic amines) is 1. The molecule has 1 aromatic carbocycles. The number of piperidine rings is 1. The maximum atomic E-state index is 12.3. The number of ether oxygens (including phenoxy) is 1. The fraction of sp³-hybridized carbons (Fsp3) is 0.421. The average Bonchev–Trinajstić information content (AvgIpc) is 3.23. The van der Waals surface area contributed by atoms with Gasteiger partial charge in [0, 0.05) is 24.0 Å². The SMILES string of the molecule is COc1ccc(Cl)cc1NC(=O)CCN1CCC(NS(=O)(=O)c2cccs2)CC1. The lowest BCUT2D eigenvalue weighted by molar-refractivity contribution is -0.116. The number of nitrogens with one attached hydrogen (secondary N) is 2. The summed E-state index contributed by atoms with van der Waals surface area (Å²) in [5, 5.41) is 5.10. The van der Waals surface area contributed by atoms with Gasteiger partial charge in [-0.1, -0.05) is 17.7 Å². The lowest BCUT2D eigenvalue weighted by Gasteiger charge is -2.31. The summed E-state index contributed by atoms with van der Waals surface area (Å²) in [6.07, 6.45) is 1.77. The van der Waals surface area contributed by atoms with Crippen LogP contribution in [0.3, 0.4) is 0 Å². The molecule has 3 rings (SSSR count). The number of anilines is 1. The van der Waals surface area contributed by atoms with E-state index in [2.05, 4.69) is 14.9 Å². The number of nitrogens with zero attached hydrogens (tertiary/aromatic N) is 1. The van der Waals surface area contributed by atoms with Crippen LogP contribution in [0.5, 0.6) is 5.75 Å². The van der Waals surface area contributed by atoms with Gasteiger partial charge in [-0.15, -0.1) is 11.3 Å². The maximum absolute atomic E-state index is 12.3. The quantitative estimate of drug-likeness (QED) is 0.635. The largest absolute Gasteiger partial charge is 0.495 e. The van der Waals surface area contributed by atoms with E-state index in [1.165, 1.54) is 18.4 Å². The molecule has 1 saturated heterocycles. The molecule has 10 heteroatoms. The van der Waals surface area contributed by atoms with Crippen LogP contribution < -0.4 is 14.8 Å². The summed E-state index contributed by atoms with van der Waals surface area (Å²) in [4.78, 5) is 14.5. The second-order valence-corrected chi connectivity index (χ2v) is 10.1. The molecular formula is C19H24ClN3O4S2. The highest BCUT2D eigenvalue weighted by Crippen LogP contribution is 2.27. The number of rotatable bonds is 8. The molecule has 1 aromatic heterocycles. The molecule has 0 saturated carbocycles. The number of carbonyl (C=O) groups excluding carboxylic acids is 1. The Morgan fingerprint density at radius 1 is 1.31 bits per heavy atom.